The van der Waals surface area contributed by atoms with E-state index in [2.05, 4.69) is 16.4 Å². The second-order valence-electron chi connectivity index (χ2n) is 5.26. The van der Waals surface area contributed by atoms with Crippen LogP contribution in [-0.4, -0.2) is 10.8 Å². The molecule has 0 aliphatic rings. The smallest absolute Gasteiger partial charge is 0.205 e. The number of hydrogen-bond donors (Lipinski definition) is 1. The van der Waals surface area contributed by atoms with Crippen molar-refractivity contribution in [1.29, 1.82) is 5.26 Å². The van der Waals surface area contributed by atoms with Crippen LogP contribution in [0.15, 0.2) is 90.6 Å². The van der Waals surface area contributed by atoms with Crippen LogP contribution >= 0.6 is 0 Å². The molecule has 0 aliphatic carbocycles. The highest BCUT2D eigenvalue weighted by Gasteiger charge is 2.19. The summed E-state index contributed by atoms with van der Waals surface area (Å²) in [6.45, 7) is 0. The van der Waals surface area contributed by atoms with Gasteiger partial charge in [0.15, 0.2) is 0 Å². The van der Waals surface area contributed by atoms with Gasteiger partial charge in [0, 0.05) is 11.8 Å². The molecule has 1 aromatic heterocycles. The highest BCUT2D eigenvalue weighted by molar-refractivity contribution is 6.16. The van der Waals surface area contributed by atoms with Crippen LogP contribution in [0, 0.1) is 11.3 Å². The van der Waals surface area contributed by atoms with E-state index < -0.39 is 0 Å². The van der Waals surface area contributed by atoms with Crippen LogP contribution in [-0.2, 0) is 0 Å². The average Bonchev–Trinajstić information content (AvgIpc) is 2.70. The lowest BCUT2D eigenvalue weighted by Gasteiger charge is -2.13. The molecule has 0 aliphatic heterocycles. The normalized spacial score (nSPS) is 11.2. The molecule has 2 aromatic carbocycles. The largest absolute Gasteiger partial charge is 0.339 e. The van der Waals surface area contributed by atoms with Gasteiger partial charge in [-0.3, -0.25) is 4.79 Å². The molecule has 4 nitrogen and oxygen atoms in total. The van der Waals surface area contributed by atoms with E-state index in [0.717, 1.165) is 5.56 Å². The van der Waals surface area contributed by atoms with E-state index in [-0.39, 0.29) is 11.4 Å². The molecule has 1 N–H and O–H groups in total. The number of ketones is 1. The summed E-state index contributed by atoms with van der Waals surface area (Å²) in [4.78, 5) is 17.1. The Morgan fingerprint density at radius 3 is 2.00 bits per heavy atom. The molecule has 120 valence electrons. The fraction of sp³-hybridized carbons (Fsp3) is 0. The standard InChI is InChI=1S/C21H15N3O/c22-15-18(21(25)17-11-5-2-6-12-17)20(16-9-3-1-4-10-16)24-19-13-7-8-14-23-19/h1-14H,(H,23,24). The Kier molecular flexibility index (Phi) is 4.98. The van der Waals surface area contributed by atoms with Gasteiger partial charge in [0.05, 0.1) is 5.70 Å². The predicted molar refractivity (Wildman–Crippen MR) is 97.6 cm³/mol. The number of nitriles is 1. The van der Waals surface area contributed by atoms with E-state index in [1.165, 1.54) is 0 Å². The van der Waals surface area contributed by atoms with Crippen molar-refractivity contribution < 1.29 is 4.79 Å². The van der Waals surface area contributed by atoms with E-state index >= 15 is 0 Å². The van der Waals surface area contributed by atoms with Crippen molar-refractivity contribution in [3.8, 4) is 6.07 Å². The van der Waals surface area contributed by atoms with Gasteiger partial charge >= 0.3 is 0 Å². The minimum atomic E-state index is -0.328. The van der Waals surface area contributed by atoms with Crippen molar-refractivity contribution in [3.63, 3.8) is 0 Å². The van der Waals surface area contributed by atoms with E-state index in [0.29, 0.717) is 17.1 Å². The number of Topliss-reactive ketones (excluding diaryl/α,β-unsaturated/α-hetero) is 1. The summed E-state index contributed by atoms with van der Waals surface area (Å²) < 4.78 is 0. The van der Waals surface area contributed by atoms with Gasteiger partial charge < -0.3 is 5.32 Å². The first-order chi connectivity index (χ1) is 12.3. The zero-order valence-corrected chi connectivity index (χ0v) is 13.4. The summed E-state index contributed by atoms with van der Waals surface area (Å²) in [5.74, 6) is 0.236. The van der Waals surface area contributed by atoms with Gasteiger partial charge in [-0.15, -0.1) is 0 Å². The molecule has 0 amide bonds. The van der Waals surface area contributed by atoms with Crippen LogP contribution in [0.5, 0.6) is 0 Å². The van der Waals surface area contributed by atoms with Gasteiger partial charge in [-0.1, -0.05) is 66.7 Å². The maximum atomic E-state index is 12.8. The topological polar surface area (TPSA) is 65.8 Å². The van der Waals surface area contributed by atoms with Crippen molar-refractivity contribution in [3.05, 3.63) is 102 Å². The number of aromatic nitrogens is 1. The Balaban J connectivity index is 2.12. The van der Waals surface area contributed by atoms with Crippen molar-refractivity contribution in [2.75, 3.05) is 5.32 Å². The van der Waals surface area contributed by atoms with Crippen LogP contribution < -0.4 is 5.32 Å². The lowest BCUT2D eigenvalue weighted by atomic mass is 9.99. The Morgan fingerprint density at radius 2 is 1.44 bits per heavy atom. The first-order valence-corrected chi connectivity index (χ1v) is 7.77. The van der Waals surface area contributed by atoms with E-state index in [4.69, 9.17) is 0 Å². The molecule has 0 unspecified atom stereocenters. The fourth-order valence-corrected chi connectivity index (χ4v) is 2.40. The fourth-order valence-electron chi connectivity index (χ4n) is 2.40. The molecular formula is C21H15N3O. The second kappa shape index (κ2) is 7.71. The molecule has 1 heterocycles. The van der Waals surface area contributed by atoms with Gasteiger partial charge in [0.2, 0.25) is 5.78 Å². The number of carbonyl (C=O) groups is 1. The van der Waals surface area contributed by atoms with Gasteiger partial charge in [0.1, 0.15) is 17.5 Å². The number of allylic oxidation sites excluding steroid dienone is 1. The summed E-state index contributed by atoms with van der Waals surface area (Å²) in [6, 6.07) is 25.6. The Bertz CT molecular complexity index is 927. The number of nitrogens with zero attached hydrogens (tertiary/aromatic N) is 2. The molecule has 3 rings (SSSR count). The number of anilines is 1. The summed E-state index contributed by atoms with van der Waals surface area (Å²) in [5, 5.41) is 12.8. The molecule has 0 saturated carbocycles. The highest BCUT2D eigenvalue weighted by atomic mass is 16.1. The number of rotatable bonds is 5. The molecule has 3 aromatic rings. The molecular weight excluding hydrogens is 310 g/mol. The van der Waals surface area contributed by atoms with Crippen molar-refractivity contribution in [1.82, 2.24) is 4.98 Å². The average molecular weight is 325 g/mol. The Labute approximate surface area is 146 Å². The maximum Gasteiger partial charge on any atom is 0.205 e. The number of nitrogens with one attached hydrogen (secondary N) is 1. The van der Waals surface area contributed by atoms with Crippen molar-refractivity contribution in [2.45, 2.75) is 0 Å². The van der Waals surface area contributed by atoms with Crippen LogP contribution in [0.1, 0.15) is 15.9 Å². The van der Waals surface area contributed by atoms with Crippen LogP contribution in [0.2, 0.25) is 0 Å². The predicted octanol–water partition coefficient (Wildman–Crippen LogP) is 4.31. The van der Waals surface area contributed by atoms with E-state index in [9.17, 15) is 10.1 Å². The van der Waals surface area contributed by atoms with Gasteiger partial charge in [0.25, 0.3) is 0 Å². The number of pyridine rings is 1. The molecule has 4 heteroatoms. The van der Waals surface area contributed by atoms with Gasteiger partial charge in [-0.05, 0) is 17.7 Å². The van der Waals surface area contributed by atoms with Gasteiger partial charge in [-0.25, -0.2) is 4.98 Å². The van der Waals surface area contributed by atoms with E-state index in [1.54, 1.807) is 42.6 Å². The molecule has 0 fully saturated rings. The third-order valence-electron chi connectivity index (χ3n) is 3.61. The molecule has 0 spiro atoms. The van der Waals surface area contributed by atoms with Crippen molar-refractivity contribution in [2.24, 2.45) is 0 Å². The van der Waals surface area contributed by atoms with Crippen LogP contribution in [0.25, 0.3) is 5.70 Å². The molecule has 25 heavy (non-hydrogen) atoms. The summed E-state index contributed by atoms with van der Waals surface area (Å²) in [5.41, 5.74) is 1.70. The molecule has 0 saturated heterocycles. The minimum absolute atomic E-state index is 0.0445. The lowest BCUT2D eigenvalue weighted by molar-refractivity contribution is 0.103. The molecule has 0 radical (unpaired) electrons. The van der Waals surface area contributed by atoms with Crippen molar-refractivity contribution >= 4 is 17.3 Å². The van der Waals surface area contributed by atoms with E-state index in [1.807, 2.05) is 42.5 Å². The number of benzene rings is 2. The Hall–Kier alpha value is -3.71. The minimum Gasteiger partial charge on any atom is -0.339 e. The second-order valence-corrected chi connectivity index (χ2v) is 5.26. The summed E-state index contributed by atoms with van der Waals surface area (Å²) in [6.07, 6.45) is 1.65. The number of carbonyl (C=O) groups excluding carboxylic acids is 1. The summed E-state index contributed by atoms with van der Waals surface area (Å²) >= 11 is 0. The third kappa shape index (κ3) is 3.80. The number of hydrogen-bond acceptors (Lipinski definition) is 4. The zero-order valence-electron chi connectivity index (χ0n) is 13.4. The molecule has 0 bridgehead atoms. The maximum absolute atomic E-state index is 12.8. The lowest BCUT2D eigenvalue weighted by Crippen LogP contribution is -2.10. The first-order valence-electron chi connectivity index (χ1n) is 7.77. The SMILES string of the molecule is N#CC(C(=O)c1ccccc1)=C(Nc1ccccn1)c1ccccc1. The molecule has 0 atom stereocenters. The quantitative estimate of drug-likeness (QED) is 0.431. The Morgan fingerprint density at radius 1 is 0.840 bits per heavy atom. The highest BCUT2D eigenvalue weighted by Crippen LogP contribution is 2.23. The van der Waals surface area contributed by atoms with Crippen LogP contribution in [0.3, 0.4) is 0 Å². The summed E-state index contributed by atoms with van der Waals surface area (Å²) in [7, 11) is 0. The first kappa shape index (κ1) is 16.2. The monoisotopic (exact) mass is 325 g/mol. The zero-order chi connectivity index (χ0) is 17.5. The van der Waals surface area contributed by atoms with Crippen LogP contribution in [0.4, 0.5) is 5.82 Å². The third-order valence-corrected chi connectivity index (χ3v) is 3.61. The van der Waals surface area contributed by atoms with Gasteiger partial charge in [-0.2, -0.15) is 5.26 Å².